The molecule has 0 aromatic heterocycles. The summed E-state index contributed by atoms with van der Waals surface area (Å²) < 4.78 is 12.2. The summed E-state index contributed by atoms with van der Waals surface area (Å²) in [6.45, 7) is 6.56. The van der Waals surface area contributed by atoms with Gasteiger partial charge in [0, 0.05) is 0 Å². The van der Waals surface area contributed by atoms with E-state index in [1.807, 2.05) is 60.7 Å². The van der Waals surface area contributed by atoms with E-state index in [1.165, 1.54) is 0 Å². The molecule has 0 saturated heterocycles. The lowest BCUT2D eigenvalue weighted by molar-refractivity contribution is -0.151. The van der Waals surface area contributed by atoms with Crippen LogP contribution in [0.5, 0.6) is 5.75 Å². The number of carboxylic acid groups (broad SMARTS) is 1. The first kappa shape index (κ1) is 24.3. The number of benzene rings is 2. The van der Waals surface area contributed by atoms with E-state index in [0.717, 1.165) is 35.0 Å². The fourth-order valence-corrected chi connectivity index (χ4v) is 7.97. The van der Waals surface area contributed by atoms with Crippen LogP contribution >= 0.6 is 0 Å². The van der Waals surface area contributed by atoms with Crippen LogP contribution in [0.25, 0.3) is 0 Å². The van der Waals surface area contributed by atoms with E-state index in [9.17, 15) is 9.90 Å². The van der Waals surface area contributed by atoms with Gasteiger partial charge in [0.15, 0.2) is 8.32 Å². The zero-order valence-electron chi connectivity index (χ0n) is 19.7. The van der Waals surface area contributed by atoms with Gasteiger partial charge in [-0.15, -0.1) is 0 Å². The Kier molecular flexibility index (Phi) is 7.96. The normalized spacial score (nSPS) is 23.1. The molecule has 1 N–H and O–H groups in total. The van der Waals surface area contributed by atoms with Crippen molar-refractivity contribution in [2.24, 2.45) is 5.92 Å². The zero-order chi connectivity index (χ0) is 23.2. The van der Waals surface area contributed by atoms with E-state index < -0.39 is 25.8 Å². The smallest absolute Gasteiger partial charge is 0.317 e. The number of aliphatic carboxylic acids is 1. The van der Waals surface area contributed by atoms with Gasteiger partial charge < -0.3 is 14.3 Å². The molecule has 4 nitrogen and oxygen atoms in total. The standard InChI is InChI=1S/C27H36O4Si/c1-5-32(6-2,7-3)31-25-15-11-14-23(20-21-16-18-24(30-4)19-17-21)27(25,26(28)29)22-12-9-8-10-13-22/h8-13,15-19,23,25H,5-7,14,20H2,1-4H3,(H,28,29). The lowest BCUT2D eigenvalue weighted by atomic mass is 9.61. The van der Waals surface area contributed by atoms with E-state index in [-0.39, 0.29) is 5.92 Å². The number of carbonyl (C=O) groups is 1. The van der Waals surface area contributed by atoms with Crippen molar-refractivity contribution in [1.29, 1.82) is 0 Å². The second kappa shape index (κ2) is 10.5. The van der Waals surface area contributed by atoms with Crippen molar-refractivity contribution in [1.82, 2.24) is 0 Å². The van der Waals surface area contributed by atoms with Crippen molar-refractivity contribution in [2.75, 3.05) is 7.11 Å². The predicted molar refractivity (Wildman–Crippen MR) is 132 cm³/mol. The third-order valence-corrected chi connectivity index (χ3v) is 12.0. The Morgan fingerprint density at radius 2 is 1.66 bits per heavy atom. The summed E-state index contributed by atoms with van der Waals surface area (Å²) in [7, 11) is -0.386. The number of allylic oxidation sites excluding steroid dienone is 1. The molecule has 1 aliphatic rings. The number of methoxy groups -OCH3 is 1. The van der Waals surface area contributed by atoms with Gasteiger partial charge in [-0.2, -0.15) is 0 Å². The molecule has 3 rings (SSSR count). The average molecular weight is 453 g/mol. The maximum Gasteiger partial charge on any atom is 0.317 e. The van der Waals surface area contributed by atoms with Crippen LogP contribution in [0.2, 0.25) is 18.1 Å². The summed E-state index contributed by atoms with van der Waals surface area (Å²) in [5, 5.41) is 10.8. The molecule has 172 valence electrons. The number of carboxylic acids is 1. The van der Waals surface area contributed by atoms with Crippen molar-refractivity contribution < 1.29 is 19.1 Å². The molecule has 0 spiro atoms. The lowest BCUT2D eigenvalue weighted by Gasteiger charge is -2.47. The van der Waals surface area contributed by atoms with E-state index in [1.54, 1.807) is 7.11 Å². The molecule has 0 heterocycles. The monoisotopic (exact) mass is 452 g/mol. The number of hydrogen-bond donors (Lipinski definition) is 1. The first-order valence-corrected chi connectivity index (χ1v) is 14.2. The average Bonchev–Trinajstić information content (AvgIpc) is 2.83. The third kappa shape index (κ3) is 4.55. The van der Waals surface area contributed by atoms with Gasteiger partial charge in [0.25, 0.3) is 0 Å². The highest BCUT2D eigenvalue weighted by atomic mass is 28.4. The molecule has 1 aliphatic carbocycles. The zero-order valence-corrected chi connectivity index (χ0v) is 20.7. The Bertz CT molecular complexity index is 897. The van der Waals surface area contributed by atoms with Gasteiger partial charge in [0.2, 0.25) is 0 Å². The molecule has 3 atom stereocenters. The van der Waals surface area contributed by atoms with Crippen LogP contribution in [0, 0.1) is 5.92 Å². The van der Waals surface area contributed by atoms with Gasteiger partial charge in [-0.05, 0) is 60.2 Å². The SMILES string of the molecule is CC[Si](CC)(CC)OC1C=CCC(Cc2ccc(OC)cc2)C1(C(=O)O)c1ccccc1. The van der Waals surface area contributed by atoms with Crippen molar-refractivity contribution in [3.8, 4) is 5.75 Å². The van der Waals surface area contributed by atoms with Crippen molar-refractivity contribution in [3.05, 3.63) is 77.9 Å². The van der Waals surface area contributed by atoms with Gasteiger partial charge >= 0.3 is 5.97 Å². The van der Waals surface area contributed by atoms with Crippen molar-refractivity contribution in [3.63, 3.8) is 0 Å². The second-order valence-corrected chi connectivity index (χ2v) is 13.5. The molecule has 0 radical (unpaired) electrons. The molecule has 5 heteroatoms. The van der Waals surface area contributed by atoms with E-state index in [0.29, 0.717) is 12.8 Å². The van der Waals surface area contributed by atoms with E-state index in [4.69, 9.17) is 9.16 Å². The minimum Gasteiger partial charge on any atom is -0.497 e. The predicted octanol–water partition coefficient (Wildman–Crippen LogP) is 6.23. The molecule has 0 saturated carbocycles. The Morgan fingerprint density at radius 3 is 2.19 bits per heavy atom. The van der Waals surface area contributed by atoms with Crippen LogP contribution in [-0.4, -0.2) is 32.6 Å². The molecule has 3 unspecified atom stereocenters. The van der Waals surface area contributed by atoms with Crippen LogP contribution in [0.3, 0.4) is 0 Å². The van der Waals surface area contributed by atoms with Crippen molar-refractivity contribution in [2.45, 2.75) is 63.3 Å². The molecule has 0 bridgehead atoms. The van der Waals surface area contributed by atoms with Crippen LogP contribution in [-0.2, 0) is 21.1 Å². The van der Waals surface area contributed by atoms with Gasteiger partial charge in [-0.3, -0.25) is 4.79 Å². The number of hydrogen-bond acceptors (Lipinski definition) is 3. The molecule has 2 aromatic carbocycles. The third-order valence-electron chi connectivity index (χ3n) is 7.38. The summed E-state index contributed by atoms with van der Waals surface area (Å²) in [4.78, 5) is 13.2. The molecule has 2 aromatic rings. The van der Waals surface area contributed by atoms with Gasteiger partial charge in [-0.25, -0.2) is 0 Å². The topological polar surface area (TPSA) is 55.8 Å². The highest BCUT2D eigenvalue weighted by molar-refractivity contribution is 6.73. The summed E-state index contributed by atoms with van der Waals surface area (Å²) in [6.07, 6.45) is 5.03. The molecule has 0 fully saturated rings. The van der Waals surface area contributed by atoms with Gasteiger partial charge in [0.1, 0.15) is 11.2 Å². The highest BCUT2D eigenvalue weighted by Crippen LogP contribution is 2.46. The van der Waals surface area contributed by atoms with Gasteiger partial charge in [0.05, 0.1) is 13.2 Å². The second-order valence-electron chi connectivity index (χ2n) is 8.74. The molecule has 32 heavy (non-hydrogen) atoms. The Labute approximate surface area is 193 Å². The van der Waals surface area contributed by atoms with E-state index >= 15 is 0 Å². The first-order chi connectivity index (χ1) is 15.5. The Balaban J connectivity index is 2.10. The molecule has 0 amide bonds. The fraction of sp³-hybridized carbons (Fsp3) is 0.444. The fourth-order valence-electron chi connectivity index (χ4n) is 5.16. The molecule has 0 aliphatic heterocycles. The van der Waals surface area contributed by atoms with E-state index in [2.05, 4.69) is 26.8 Å². The number of rotatable bonds is 10. The van der Waals surface area contributed by atoms with Crippen LogP contribution in [0.4, 0.5) is 0 Å². The summed E-state index contributed by atoms with van der Waals surface area (Å²) >= 11 is 0. The summed E-state index contributed by atoms with van der Waals surface area (Å²) in [6, 6.07) is 20.6. The van der Waals surface area contributed by atoms with Crippen LogP contribution < -0.4 is 4.74 Å². The van der Waals surface area contributed by atoms with Crippen LogP contribution in [0.1, 0.15) is 38.3 Å². The number of ether oxygens (including phenoxy) is 1. The molecular weight excluding hydrogens is 416 g/mol. The van der Waals surface area contributed by atoms with Crippen LogP contribution in [0.15, 0.2) is 66.7 Å². The lowest BCUT2D eigenvalue weighted by Crippen LogP contribution is -2.58. The maximum atomic E-state index is 13.2. The Hall–Kier alpha value is -2.37. The maximum absolute atomic E-state index is 13.2. The van der Waals surface area contributed by atoms with Gasteiger partial charge in [-0.1, -0.05) is 75.4 Å². The minimum atomic E-state index is -2.04. The minimum absolute atomic E-state index is 0.122. The van der Waals surface area contributed by atoms with Crippen molar-refractivity contribution >= 4 is 14.3 Å². The summed E-state index contributed by atoms with van der Waals surface area (Å²) in [5.74, 6) is -0.124. The first-order valence-electron chi connectivity index (χ1n) is 11.7. The molecular formula is C27H36O4Si. The Morgan fingerprint density at radius 1 is 1.03 bits per heavy atom. The largest absolute Gasteiger partial charge is 0.497 e. The highest BCUT2D eigenvalue weighted by Gasteiger charge is 2.55. The summed E-state index contributed by atoms with van der Waals surface area (Å²) in [5.41, 5.74) is 0.802. The quantitative estimate of drug-likeness (QED) is 0.343.